The topological polar surface area (TPSA) is 53.1 Å². The molecule has 1 aliphatic rings. The molecule has 0 bridgehead atoms. The highest BCUT2D eigenvalue weighted by Crippen LogP contribution is 2.17. The number of likely N-dealkylation sites (tertiary alicyclic amines) is 1. The van der Waals surface area contributed by atoms with E-state index in [0.29, 0.717) is 6.04 Å². The lowest BCUT2D eigenvalue weighted by molar-refractivity contribution is 0.263. The summed E-state index contributed by atoms with van der Waals surface area (Å²) in [6.45, 7) is 4.46. The Morgan fingerprint density at radius 2 is 1.95 bits per heavy atom. The van der Waals surface area contributed by atoms with Crippen LogP contribution in [0.15, 0.2) is 6.07 Å². The summed E-state index contributed by atoms with van der Waals surface area (Å²) in [5.41, 5.74) is 0. The maximum absolute atomic E-state index is 4.61. The van der Waals surface area contributed by atoms with Crippen molar-refractivity contribution in [1.29, 1.82) is 0 Å². The molecule has 0 saturated carbocycles. The first-order valence-corrected chi connectivity index (χ1v) is 7.22. The number of hydrogen-bond acceptors (Lipinski definition) is 5. The highest BCUT2D eigenvalue weighted by atomic mass is 15.1. The van der Waals surface area contributed by atoms with Crippen LogP contribution in [0.25, 0.3) is 0 Å². The van der Waals surface area contributed by atoms with Gasteiger partial charge in [-0.2, -0.15) is 0 Å². The van der Waals surface area contributed by atoms with E-state index >= 15 is 0 Å². The third-order valence-corrected chi connectivity index (χ3v) is 3.57. The monoisotopic (exact) mass is 263 g/mol. The molecule has 1 aliphatic heterocycles. The van der Waals surface area contributed by atoms with Crippen LogP contribution in [0.3, 0.4) is 0 Å². The van der Waals surface area contributed by atoms with Crippen LogP contribution in [0.4, 0.5) is 11.6 Å². The molecule has 0 aliphatic carbocycles. The Morgan fingerprint density at radius 3 is 2.58 bits per heavy atom. The van der Waals surface area contributed by atoms with Crippen molar-refractivity contribution in [2.24, 2.45) is 0 Å². The van der Waals surface area contributed by atoms with Crippen molar-refractivity contribution in [3.8, 4) is 0 Å². The smallest absolute Gasteiger partial charge is 0.133 e. The third-order valence-electron chi connectivity index (χ3n) is 3.57. The largest absolute Gasteiger partial charge is 0.373 e. The molecule has 5 nitrogen and oxygen atoms in total. The lowest BCUT2D eigenvalue weighted by Crippen LogP contribution is -2.36. The summed E-state index contributed by atoms with van der Waals surface area (Å²) >= 11 is 0. The fourth-order valence-corrected chi connectivity index (χ4v) is 2.40. The van der Waals surface area contributed by atoms with E-state index < -0.39 is 0 Å². The van der Waals surface area contributed by atoms with E-state index in [1.807, 2.05) is 13.1 Å². The number of aromatic nitrogens is 2. The van der Waals surface area contributed by atoms with Gasteiger partial charge in [-0.25, -0.2) is 9.97 Å². The standard InChI is InChI=1S/C14H25N5/c1-4-5-12-17-13(15-2)10-14(18-12)16-11-6-8-19(3)9-7-11/h10-11H,4-9H2,1-3H3,(H2,15,16,17,18). The van der Waals surface area contributed by atoms with E-state index in [9.17, 15) is 0 Å². The average Bonchev–Trinajstić information content (AvgIpc) is 2.41. The minimum absolute atomic E-state index is 0.533. The maximum atomic E-state index is 4.61. The van der Waals surface area contributed by atoms with Crippen LogP contribution < -0.4 is 10.6 Å². The zero-order valence-corrected chi connectivity index (χ0v) is 12.2. The summed E-state index contributed by atoms with van der Waals surface area (Å²) in [5, 5.41) is 6.67. The molecule has 0 spiro atoms. The van der Waals surface area contributed by atoms with E-state index in [1.54, 1.807) is 0 Å². The highest BCUT2D eigenvalue weighted by molar-refractivity contribution is 5.47. The molecule has 19 heavy (non-hydrogen) atoms. The molecule has 106 valence electrons. The molecule has 0 radical (unpaired) electrons. The highest BCUT2D eigenvalue weighted by Gasteiger charge is 2.17. The van der Waals surface area contributed by atoms with E-state index in [-0.39, 0.29) is 0 Å². The van der Waals surface area contributed by atoms with Crippen LogP contribution in [0, 0.1) is 0 Å². The molecular weight excluding hydrogens is 238 g/mol. The second-order valence-electron chi connectivity index (χ2n) is 5.28. The summed E-state index contributed by atoms with van der Waals surface area (Å²) in [5.74, 6) is 2.77. The molecule has 1 saturated heterocycles. The van der Waals surface area contributed by atoms with Gasteiger partial charge in [0.05, 0.1) is 0 Å². The molecule has 1 aromatic heterocycles. The van der Waals surface area contributed by atoms with Crippen LogP contribution >= 0.6 is 0 Å². The number of nitrogens with one attached hydrogen (secondary N) is 2. The predicted octanol–water partition coefficient (Wildman–Crippen LogP) is 1.98. The quantitative estimate of drug-likeness (QED) is 0.850. The van der Waals surface area contributed by atoms with Gasteiger partial charge in [-0.1, -0.05) is 6.92 Å². The first-order chi connectivity index (χ1) is 9.21. The van der Waals surface area contributed by atoms with Gasteiger partial charge in [0.15, 0.2) is 0 Å². The second kappa shape index (κ2) is 6.70. The Bertz CT molecular complexity index is 399. The molecule has 2 rings (SSSR count). The fourth-order valence-electron chi connectivity index (χ4n) is 2.40. The molecule has 2 heterocycles. The van der Waals surface area contributed by atoms with Gasteiger partial charge in [-0.15, -0.1) is 0 Å². The zero-order chi connectivity index (χ0) is 13.7. The Kier molecular flexibility index (Phi) is 4.96. The first-order valence-electron chi connectivity index (χ1n) is 7.22. The van der Waals surface area contributed by atoms with Gasteiger partial charge in [0, 0.05) is 25.6 Å². The zero-order valence-electron chi connectivity index (χ0n) is 12.2. The summed E-state index contributed by atoms with van der Waals surface area (Å²) < 4.78 is 0. The third kappa shape index (κ3) is 4.06. The molecule has 0 aromatic carbocycles. The predicted molar refractivity (Wildman–Crippen MR) is 79.7 cm³/mol. The van der Waals surface area contributed by atoms with Crippen LogP contribution in [0.1, 0.15) is 32.0 Å². The second-order valence-corrected chi connectivity index (χ2v) is 5.28. The van der Waals surface area contributed by atoms with Crippen LogP contribution in [0.2, 0.25) is 0 Å². The SMILES string of the molecule is CCCc1nc(NC)cc(NC2CCN(C)CC2)n1. The van der Waals surface area contributed by atoms with Gasteiger partial charge in [0.25, 0.3) is 0 Å². The van der Waals surface area contributed by atoms with Crippen molar-refractivity contribution >= 4 is 11.6 Å². The molecule has 0 amide bonds. The van der Waals surface area contributed by atoms with E-state index in [2.05, 4.69) is 39.5 Å². The van der Waals surface area contributed by atoms with Gasteiger partial charge in [-0.3, -0.25) is 0 Å². The number of aryl methyl sites for hydroxylation is 1. The molecular formula is C14H25N5. The minimum Gasteiger partial charge on any atom is -0.373 e. The van der Waals surface area contributed by atoms with Crippen molar-refractivity contribution in [2.45, 2.75) is 38.6 Å². The van der Waals surface area contributed by atoms with Gasteiger partial charge < -0.3 is 15.5 Å². The lowest BCUT2D eigenvalue weighted by atomic mass is 10.1. The molecule has 0 atom stereocenters. The summed E-state index contributed by atoms with van der Waals surface area (Å²) in [6, 6.07) is 2.53. The molecule has 2 N–H and O–H groups in total. The Hall–Kier alpha value is -1.36. The number of piperidine rings is 1. The fraction of sp³-hybridized carbons (Fsp3) is 0.714. The molecule has 1 aromatic rings. The molecule has 5 heteroatoms. The number of anilines is 2. The number of hydrogen-bond donors (Lipinski definition) is 2. The average molecular weight is 263 g/mol. The van der Waals surface area contributed by atoms with Crippen LogP contribution in [0.5, 0.6) is 0 Å². The molecule has 0 unspecified atom stereocenters. The van der Waals surface area contributed by atoms with Crippen LogP contribution in [-0.2, 0) is 6.42 Å². The Labute approximate surface area is 115 Å². The number of nitrogens with zero attached hydrogens (tertiary/aromatic N) is 3. The van der Waals surface area contributed by atoms with Crippen molar-refractivity contribution in [3.63, 3.8) is 0 Å². The lowest BCUT2D eigenvalue weighted by Gasteiger charge is -2.29. The van der Waals surface area contributed by atoms with Crippen molar-refractivity contribution in [1.82, 2.24) is 14.9 Å². The first kappa shape index (κ1) is 14.1. The van der Waals surface area contributed by atoms with Crippen molar-refractivity contribution < 1.29 is 0 Å². The van der Waals surface area contributed by atoms with E-state index in [1.165, 1.54) is 12.8 Å². The summed E-state index contributed by atoms with van der Waals surface area (Å²) in [6.07, 6.45) is 4.36. The van der Waals surface area contributed by atoms with E-state index in [4.69, 9.17) is 0 Å². The maximum Gasteiger partial charge on any atom is 0.133 e. The summed E-state index contributed by atoms with van der Waals surface area (Å²) in [7, 11) is 4.08. The Morgan fingerprint density at radius 1 is 1.26 bits per heavy atom. The minimum atomic E-state index is 0.533. The van der Waals surface area contributed by atoms with Crippen LogP contribution in [-0.4, -0.2) is 48.1 Å². The summed E-state index contributed by atoms with van der Waals surface area (Å²) in [4.78, 5) is 11.5. The van der Waals surface area contributed by atoms with Gasteiger partial charge in [0.1, 0.15) is 17.5 Å². The Balaban J connectivity index is 2.04. The van der Waals surface area contributed by atoms with Crippen molar-refractivity contribution in [2.75, 3.05) is 37.8 Å². The molecule has 1 fully saturated rings. The number of rotatable bonds is 5. The van der Waals surface area contributed by atoms with Gasteiger partial charge in [0.2, 0.25) is 0 Å². The van der Waals surface area contributed by atoms with Gasteiger partial charge >= 0.3 is 0 Å². The van der Waals surface area contributed by atoms with Gasteiger partial charge in [-0.05, 0) is 39.4 Å². The van der Waals surface area contributed by atoms with E-state index in [0.717, 1.165) is 43.4 Å². The normalized spacial score (nSPS) is 17.4. The van der Waals surface area contributed by atoms with Crippen molar-refractivity contribution in [3.05, 3.63) is 11.9 Å².